The molecule has 2 N–H and O–H groups in total. The number of nitrogens with one attached hydrogen (secondary N) is 2. The zero-order valence-electron chi connectivity index (χ0n) is 20.2. The first-order chi connectivity index (χ1) is 18.2. The number of aryl methyl sites for hydroxylation is 1. The van der Waals surface area contributed by atoms with Gasteiger partial charge >= 0.3 is 6.18 Å². The van der Waals surface area contributed by atoms with E-state index in [1.807, 2.05) is 31.2 Å². The minimum atomic E-state index is -4.63. The Hall–Kier alpha value is -4.19. The minimum Gasteiger partial charge on any atom is -0.325 e. The van der Waals surface area contributed by atoms with E-state index in [0.717, 1.165) is 29.8 Å². The molecule has 0 unspecified atom stereocenters. The number of amides is 2. The monoisotopic (exact) mass is 540 g/mol. The van der Waals surface area contributed by atoms with Gasteiger partial charge in [0.15, 0.2) is 11.0 Å². The van der Waals surface area contributed by atoms with Crippen molar-refractivity contribution < 1.29 is 22.8 Å². The smallest absolute Gasteiger partial charge is 0.325 e. The first-order valence-electron chi connectivity index (χ1n) is 11.6. The summed E-state index contributed by atoms with van der Waals surface area (Å²) in [6.07, 6.45) is -0.631. The van der Waals surface area contributed by atoms with Crippen molar-refractivity contribution in [3.63, 3.8) is 0 Å². The lowest BCUT2D eigenvalue weighted by atomic mass is 10.1. The Labute approximate surface area is 220 Å². The summed E-state index contributed by atoms with van der Waals surface area (Å²) >= 11 is 1.05. The van der Waals surface area contributed by atoms with Gasteiger partial charge in [0, 0.05) is 23.6 Å². The minimum absolute atomic E-state index is 0.0253. The van der Waals surface area contributed by atoms with Gasteiger partial charge in [-0.3, -0.25) is 14.6 Å². The zero-order chi connectivity index (χ0) is 27.1. The predicted molar refractivity (Wildman–Crippen MR) is 139 cm³/mol. The summed E-state index contributed by atoms with van der Waals surface area (Å²) in [7, 11) is 0. The number of hydrogen-bond donors (Lipinski definition) is 2. The van der Waals surface area contributed by atoms with Gasteiger partial charge in [-0.05, 0) is 48.4 Å². The fraction of sp³-hybridized carbons (Fsp3) is 0.192. The Balaban J connectivity index is 1.49. The Morgan fingerprint density at radius 3 is 2.34 bits per heavy atom. The number of alkyl halides is 3. The molecular formula is C26H23F3N6O2S. The molecule has 0 atom stereocenters. The molecular weight excluding hydrogens is 517 g/mol. The molecule has 0 fully saturated rings. The first kappa shape index (κ1) is 26.9. The van der Waals surface area contributed by atoms with Crippen molar-refractivity contribution in [1.29, 1.82) is 0 Å². The van der Waals surface area contributed by atoms with E-state index < -0.39 is 24.2 Å². The zero-order valence-corrected chi connectivity index (χ0v) is 21.0. The van der Waals surface area contributed by atoms with Crippen molar-refractivity contribution in [3.05, 3.63) is 84.2 Å². The second-order valence-corrected chi connectivity index (χ2v) is 9.03. The van der Waals surface area contributed by atoms with Gasteiger partial charge in [-0.2, -0.15) is 13.2 Å². The van der Waals surface area contributed by atoms with Crippen LogP contribution in [-0.2, 0) is 28.7 Å². The number of hydrogen-bond acceptors (Lipinski definition) is 6. The normalized spacial score (nSPS) is 11.3. The van der Waals surface area contributed by atoms with Gasteiger partial charge in [0.25, 0.3) is 0 Å². The van der Waals surface area contributed by atoms with Crippen LogP contribution in [-0.4, -0.2) is 37.3 Å². The van der Waals surface area contributed by atoms with E-state index >= 15 is 0 Å². The van der Waals surface area contributed by atoms with Gasteiger partial charge in [-0.25, -0.2) is 9.67 Å². The van der Waals surface area contributed by atoms with Crippen molar-refractivity contribution in [1.82, 2.24) is 19.7 Å². The molecule has 196 valence electrons. The maximum absolute atomic E-state index is 13.3. The number of pyridine rings is 1. The average molecular weight is 541 g/mol. The largest absolute Gasteiger partial charge is 0.418 e. The average Bonchev–Trinajstić information content (AvgIpc) is 3.30. The molecule has 8 nitrogen and oxygen atoms in total. The molecule has 0 aliphatic rings. The summed E-state index contributed by atoms with van der Waals surface area (Å²) in [6.45, 7) is 1.63. The topological polar surface area (TPSA) is 102 Å². The third-order valence-corrected chi connectivity index (χ3v) is 6.32. The highest BCUT2D eigenvalue weighted by Gasteiger charge is 2.33. The van der Waals surface area contributed by atoms with Crippen LogP contribution >= 0.6 is 11.8 Å². The number of rotatable bonds is 9. The van der Waals surface area contributed by atoms with Crippen molar-refractivity contribution >= 4 is 35.0 Å². The van der Waals surface area contributed by atoms with E-state index in [4.69, 9.17) is 0 Å². The van der Waals surface area contributed by atoms with E-state index in [-0.39, 0.29) is 28.3 Å². The fourth-order valence-corrected chi connectivity index (χ4v) is 4.21. The van der Waals surface area contributed by atoms with Gasteiger partial charge in [0.2, 0.25) is 11.8 Å². The predicted octanol–water partition coefficient (Wildman–Crippen LogP) is 5.29. The van der Waals surface area contributed by atoms with Crippen molar-refractivity contribution in [2.24, 2.45) is 0 Å². The molecule has 0 spiro atoms. The number of anilines is 2. The fourth-order valence-electron chi connectivity index (χ4n) is 3.48. The second-order valence-electron chi connectivity index (χ2n) is 8.09. The maximum atomic E-state index is 13.3. The molecule has 2 amide bonds. The Morgan fingerprint density at radius 1 is 0.947 bits per heavy atom. The third kappa shape index (κ3) is 6.97. The van der Waals surface area contributed by atoms with E-state index in [1.54, 1.807) is 24.5 Å². The molecule has 0 saturated heterocycles. The standard InChI is InChI=1S/C26H23F3N6O2S/c1-2-17-7-9-19(10-8-17)31-23(37)16-38-25-33-24(18-11-13-30-14-12-18)34-35(25)15-22(36)32-21-6-4-3-5-20(21)26(27,28)29/h3-14H,2,15-16H2,1H3,(H,31,37)(H,32,36). The highest BCUT2D eigenvalue weighted by atomic mass is 32.2. The molecule has 0 radical (unpaired) electrons. The number of carbonyl (C=O) groups excluding carboxylic acids is 2. The highest BCUT2D eigenvalue weighted by molar-refractivity contribution is 7.99. The van der Waals surface area contributed by atoms with Crippen molar-refractivity contribution in [3.8, 4) is 11.4 Å². The molecule has 38 heavy (non-hydrogen) atoms. The number of benzene rings is 2. The quantitative estimate of drug-likeness (QED) is 0.280. The number of carbonyl (C=O) groups is 2. The Bertz CT molecular complexity index is 1410. The van der Waals surface area contributed by atoms with E-state index in [0.29, 0.717) is 11.3 Å². The summed E-state index contributed by atoms with van der Waals surface area (Å²) in [6, 6.07) is 15.6. The maximum Gasteiger partial charge on any atom is 0.418 e. The van der Waals surface area contributed by atoms with Crippen LogP contribution in [0.2, 0.25) is 0 Å². The number of aromatic nitrogens is 4. The van der Waals surface area contributed by atoms with E-state index in [9.17, 15) is 22.8 Å². The molecule has 0 bridgehead atoms. The van der Waals surface area contributed by atoms with Crippen LogP contribution < -0.4 is 10.6 Å². The van der Waals surface area contributed by atoms with Crippen molar-refractivity contribution in [2.45, 2.75) is 31.2 Å². The number of nitrogens with zero attached hydrogens (tertiary/aromatic N) is 4. The van der Waals surface area contributed by atoms with Crippen molar-refractivity contribution in [2.75, 3.05) is 16.4 Å². The third-order valence-electron chi connectivity index (χ3n) is 5.35. The van der Waals surface area contributed by atoms with Gasteiger partial charge in [-0.1, -0.05) is 43.0 Å². The summed E-state index contributed by atoms with van der Waals surface area (Å²) in [5.41, 5.74) is 1.10. The van der Waals surface area contributed by atoms with Crippen LogP contribution in [0.3, 0.4) is 0 Å². The molecule has 0 aliphatic carbocycles. The molecule has 2 aromatic heterocycles. The van der Waals surface area contributed by atoms with Gasteiger partial charge in [0.1, 0.15) is 6.54 Å². The van der Waals surface area contributed by atoms with Crippen LogP contribution in [0.25, 0.3) is 11.4 Å². The van der Waals surface area contributed by atoms with E-state index in [1.165, 1.54) is 22.9 Å². The lowest BCUT2D eigenvalue weighted by Crippen LogP contribution is -2.22. The SMILES string of the molecule is CCc1ccc(NC(=O)CSc2nc(-c3ccncc3)nn2CC(=O)Nc2ccccc2C(F)(F)F)cc1. The molecule has 4 aromatic rings. The summed E-state index contributed by atoms with van der Waals surface area (Å²) < 4.78 is 41.2. The van der Waals surface area contributed by atoms with Crippen LogP contribution in [0.15, 0.2) is 78.2 Å². The molecule has 2 heterocycles. The lowest BCUT2D eigenvalue weighted by molar-refractivity contribution is -0.137. The van der Waals surface area contributed by atoms with Crippen LogP contribution in [0.5, 0.6) is 0 Å². The summed E-state index contributed by atoms with van der Waals surface area (Å²) in [5, 5.41) is 9.72. The Morgan fingerprint density at radius 2 is 1.66 bits per heavy atom. The Kier molecular flexibility index (Phi) is 8.41. The van der Waals surface area contributed by atoms with E-state index in [2.05, 4.69) is 25.7 Å². The van der Waals surface area contributed by atoms with Gasteiger partial charge in [0.05, 0.1) is 17.0 Å². The molecule has 0 saturated carbocycles. The number of para-hydroxylation sites is 1. The molecule has 12 heteroatoms. The summed E-state index contributed by atoms with van der Waals surface area (Å²) in [5.74, 6) is -0.755. The highest BCUT2D eigenvalue weighted by Crippen LogP contribution is 2.34. The number of thioether (sulfide) groups is 1. The lowest BCUT2D eigenvalue weighted by Gasteiger charge is -2.13. The van der Waals surface area contributed by atoms with Crippen LogP contribution in [0.1, 0.15) is 18.1 Å². The molecule has 2 aromatic carbocycles. The number of halogens is 3. The molecule has 4 rings (SSSR count). The molecule has 0 aliphatic heterocycles. The second kappa shape index (κ2) is 11.9. The first-order valence-corrected chi connectivity index (χ1v) is 12.5. The van der Waals surface area contributed by atoms with Gasteiger partial charge in [-0.15, -0.1) is 5.10 Å². The van der Waals surface area contributed by atoms with Crippen LogP contribution in [0, 0.1) is 0 Å². The van der Waals surface area contributed by atoms with Crippen LogP contribution in [0.4, 0.5) is 24.5 Å². The van der Waals surface area contributed by atoms with Gasteiger partial charge < -0.3 is 10.6 Å². The summed E-state index contributed by atoms with van der Waals surface area (Å²) in [4.78, 5) is 33.7.